The average Bonchev–Trinajstić information content (AvgIpc) is 3.14. The summed E-state index contributed by atoms with van der Waals surface area (Å²) in [6, 6.07) is 4.38. The first kappa shape index (κ1) is 16.6. The standard InChI is InChI=1S/C15H22N4O2S2/c1-3-23(20,21)17-7-14-9-18(8-13-6-16-11-19(13)14)10-15-5-4-12(2)22-15/h4-6,11,14,17H,3,7-10H2,1-2H3. The molecule has 0 aliphatic carbocycles. The molecule has 0 saturated carbocycles. The quantitative estimate of drug-likeness (QED) is 0.858. The molecule has 8 heteroatoms. The van der Waals surface area contributed by atoms with E-state index in [1.807, 2.05) is 17.5 Å². The number of hydrogen-bond acceptors (Lipinski definition) is 5. The predicted molar refractivity (Wildman–Crippen MR) is 91.9 cm³/mol. The summed E-state index contributed by atoms with van der Waals surface area (Å²) in [6.45, 7) is 6.71. The van der Waals surface area contributed by atoms with Crippen LogP contribution in [-0.4, -0.2) is 41.7 Å². The van der Waals surface area contributed by atoms with E-state index in [0.29, 0.717) is 6.54 Å². The fraction of sp³-hybridized carbons (Fsp3) is 0.533. The van der Waals surface area contributed by atoms with Gasteiger partial charge in [0, 0.05) is 42.1 Å². The summed E-state index contributed by atoms with van der Waals surface area (Å²) in [5, 5.41) is 0. The molecule has 0 amide bonds. The lowest BCUT2D eigenvalue weighted by Gasteiger charge is -2.34. The lowest BCUT2D eigenvalue weighted by atomic mass is 10.2. The Morgan fingerprint density at radius 2 is 2.26 bits per heavy atom. The normalized spacial score (nSPS) is 19.0. The van der Waals surface area contributed by atoms with Crippen LogP contribution >= 0.6 is 11.3 Å². The highest BCUT2D eigenvalue weighted by atomic mass is 32.2. The van der Waals surface area contributed by atoms with Crippen molar-refractivity contribution in [1.29, 1.82) is 0 Å². The third-order valence-electron chi connectivity index (χ3n) is 4.09. The lowest BCUT2D eigenvalue weighted by molar-refractivity contribution is 0.179. The number of rotatable bonds is 6. The highest BCUT2D eigenvalue weighted by molar-refractivity contribution is 7.89. The minimum Gasteiger partial charge on any atom is -0.328 e. The molecule has 1 atom stereocenters. The number of nitrogens with zero attached hydrogens (tertiary/aromatic N) is 3. The molecule has 1 unspecified atom stereocenters. The van der Waals surface area contributed by atoms with Gasteiger partial charge in [-0.2, -0.15) is 0 Å². The van der Waals surface area contributed by atoms with Crippen molar-refractivity contribution < 1.29 is 8.42 Å². The fourth-order valence-corrected chi connectivity index (χ4v) is 4.45. The van der Waals surface area contributed by atoms with Crippen molar-refractivity contribution in [2.24, 2.45) is 0 Å². The molecule has 6 nitrogen and oxygen atoms in total. The SMILES string of the molecule is CCS(=O)(=O)NCC1CN(Cc2ccc(C)s2)Cc2cncn21. The molecule has 2 aromatic heterocycles. The Balaban J connectivity index is 1.72. The van der Waals surface area contributed by atoms with Crippen LogP contribution in [0.1, 0.15) is 28.4 Å². The Bertz CT molecular complexity index is 766. The van der Waals surface area contributed by atoms with Crippen LogP contribution in [0.3, 0.4) is 0 Å². The number of imidazole rings is 1. The fourth-order valence-electron chi connectivity index (χ4n) is 2.86. The van der Waals surface area contributed by atoms with E-state index in [1.165, 1.54) is 9.75 Å². The highest BCUT2D eigenvalue weighted by Gasteiger charge is 2.26. The van der Waals surface area contributed by atoms with Crippen molar-refractivity contribution in [3.05, 3.63) is 40.1 Å². The molecule has 0 spiro atoms. The Morgan fingerprint density at radius 3 is 2.96 bits per heavy atom. The van der Waals surface area contributed by atoms with Crippen molar-refractivity contribution in [3.63, 3.8) is 0 Å². The number of sulfonamides is 1. The van der Waals surface area contributed by atoms with Gasteiger partial charge in [0.2, 0.25) is 10.0 Å². The number of fused-ring (bicyclic) bond motifs is 1. The van der Waals surface area contributed by atoms with Crippen LogP contribution < -0.4 is 4.72 Å². The minimum absolute atomic E-state index is 0.0728. The predicted octanol–water partition coefficient (Wildman–Crippen LogP) is 1.75. The molecule has 0 aromatic carbocycles. The van der Waals surface area contributed by atoms with E-state index in [4.69, 9.17) is 0 Å². The van der Waals surface area contributed by atoms with E-state index in [-0.39, 0.29) is 11.8 Å². The van der Waals surface area contributed by atoms with Crippen molar-refractivity contribution in [2.45, 2.75) is 33.0 Å². The summed E-state index contributed by atoms with van der Waals surface area (Å²) in [5.41, 5.74) is 1.13. The molecule has 0 radical (unpaired) electrons. The zero-order valence-corrected chi connectivity index (χ0v) is 15.0. The summed E-state index contributed by atoms with van der Waals surface area (Å²) < 4.78 is 28.2. The third kappa shape index (κ3) is 4.00. The van der Waals surface area contributed by atoms with Crippen LogP contribution in [0.4, 0.5) is 0 Å². The molecule has 0 bridgehead atoms. The second kappa shape index (κ2) is 6.72. The molecule has 3 heterocycles. The van der Waals surface area contributed by atoms with Gasteiger partial charge in [0.05, 0.1) is 23.8 Å². The maximum absolute atomic E-state index is 11.7. The molecule has 1 N–H and O–H groups in total. The Labute approximate surface area is 141 Å². The van der Waals surface area contributed by atoms with Gasteiger partial charge in [-0.1, -0.05) is 0 Å². The number of thiophene rings is 1. The zero-order chi connectivity index (χ0) is 16.4. The van der Waals surface area contributed by atoms with Crippen LogP contribution in [0.2, 0.25) is 0 Å². The Hall–Kier alpha value is -1.22. The highest BCUT2D eigenvalue weighted by Crippen LogP contribution is 2.24. The van der Waals surface area contributed by atoms with Gasteiger partial charge in [-0.3, -0.25) is 4.90 Å². The lowest BCUT2D eigenvalue weighted by Crippen LogP contribution is -2.42. The van der Waals surface area contributed by atoms with Crippen molar-refractivity contribution in [3.8, 4) is 0 Å². The van der Waals surface area contributed by atoms with Crippen LogP contribution in [0.15, 0.2) is 24.7 Å². The zero-order valence-electron chi connectivity index (χ0n) is 13.4. The molecule has 3 rings (SSSR count). The molecule has 2 aromatic rings. The summed E-state index contributed by atoms with van der Waals surface area (Å²) in [5.74, 6) is 0.106. The third-order valence-corrected chi connectivity index (χ3v) is 6.44. The molecule has 0 fully saturated rings. The van der Waals surface area contributed by atoms with E-state index in [9.17, 15) is 8.42 Å². The number of hydrogen-bond donors (Lipinski definition) is 1. The van der Waals surface area contributed by atoms with E-state index in [1.54, 1.807) is 13.3 Å². The van der Waals surface area contributed by atoms with Crippen molar-refractivity contribution >= 4 is 21.4 Å². The molecule has 126 valence electrons. The monoisotopic (exact) mass is 354 g/mol. The molecule has 1 aliphatic rings. The summed E-state index contributed by atoms with van der Waals surface area (Å²) in [6.07, 6.45) is 3.67. The van der Waals surface area contributed by atoms with Crippen LogP contribution in [-0.2, 0) is 23.1 Å². The maximum Gasteiger partial charge on any atom is 0.211 e. The number of aromatic nitrogens is 2. The summed E-state index contributed by atoms with van der Waals surface area (Å²) in [4.78, 5) is 9.23. The first-order chi connectivity index (χ1) is 11.0. The van der Waals surface area contributed by atoms with Gasteiger partial charge in [-0.25, -0.2) is 18.1 Å². The molecular weight excluding hydrogens is 332 g/mol. The number of nitrogens with one attached hydrogen (secondary N) is 1. The van der Waals surface area contributed by atoms with Crippen LogP contribution in [0, 0.1) is 6.92 Å². The second-order valence-corrected chi connectivity index (χ2v) is 9.35. The van der Waals surface area contributed by atoms with E-state index in [2.05, 4.69) is 38.2 Å². The summed E-state index contributed by atoms with van der Waals surface area (Å²) >= 11 is 1.81. The van der Waals surface area contributed by atoms with E-state index >= 15 is 0 Å². The Morgan fingerprint density at radius 1 is 1.43 bits per heavy atom. The van der Waals surface area contributed by atoms with Gasteiger partial charge in [-0.05, 0) is 26.0 Å². The van der Waals surface area contributed by atoms with Gasteiger partial charge >= 0.3 is 0 Å². The second-order valence-electron chi connectivity index (χ2n) is 5.88. The van der Waals surface area contributed by atoms with E-state index in [0.717, 1.165) is 25.3 Å². The van der Waals surface area contributed by atoms with Gasteiger partial charge in [0.15, 0.2) is 0 Å². The van der Waals surface area contributed by atoms with E-state index < -0.39 is 10.0 Å². The first-order valence-electron chi connectivity index (χ1n) is 7.72. The van der Waals surface area contributed by atoms with Gasteiger partial charge in [0.1, 0.15) is 0 Å². The Kier molecular flexibility index (Phi) is 4.86. The molecular formula is C15H22N4O2S2. The number of aryl methyl sites for hydroxylation is 1. The summed E-state index contributed by atoms with van der Waals surface area (Å²) in [7, 11) is -3.18. The van der Waals surface area contributed by atoms with Gasteiger partial charge in [0.25, 0.3) is 0 Å². The van der Waals surface area contributed by atoms with Gasteiger partial charge in [-0.15, -0.1) is 11.3 Å². The molecule has 23 heavy (non-hydrogen) atoms. The smallest absolute Gasteiger partial charge is 0.211 e. The van der Waals surface area contributed by atoms with Crippen LogP contribution in [0.5, 0.6) is 0 Å². The molecule has 1 aliphatic heterocycles. The minimum atomic E-state index is -3.18. The first-order valence-corrected chi connectivity index (χ1v) is 10.2. The average molecular weight is 355 g/mol. The van der Waals surface area contributed by atoms with Crippen LogP contribution in [0.25, 0.3) is 0 Å². The van der Waals surface area contributed by atoms with Crippen molar-refractivity contribution in [2.75, 3.05) is 18.8 Å². The largest absolute Gasteiger partial charge is 0.328 e. The van der Waals surface area contributed by atoms with Gasteiger partial charge < -0.3 is 4.57 Å². The topological polar surface area (TPSA) is 67.2 Å². The van der Waals surface area contributed by atoms with Crippen molar-refractivity contribution in [1.82, 2.24) is 19.2 Å². The maximum atomic E-state index is 11.7. The molecule has 0 saturated heterocycles.